The van der Waals surface area contributed by atoms with E-state index in [1.807, 2.05) is 0 Å². The molecule has 3 aliphatic rings. The summed E-state index contributed by atoms with van der Waals surface area (Å²) in [5.41, 5.74) is 3.74. The van der Waals surface area contributed by atoms with Crippen molar-refractivity contribution in [2.45, 2.75) is 32.0 Å². The predicted molar refractivity (Wildman–Crippen MR) is 111 cm³/mol. The fourth-order valence-electron chi connectivity index (χ4n) is 4.94. The average Bonchev–Trinajstić information content (AvgIpc) is 3.02. The zero-order chi connectivity index (χ0) is 18.9. The van der Waals surface area contributed by atoms with Crippen molar-refractivity contribution in [3.05, 3.63) is 65.9 Å². The number of ether oxygens (including phenoxy) is 1. The summed E-state index contributed by atoms with van der Waals surface area (Å²) in [4.78, 5) is 5.37. The van der Waals surface area contributed by atoms with Crippen molar-refractivity contribution in [1.82, 2.24) is 9.80 Å². The number of methoxy groups -OCH3 is 1. The van der Waals surface area contributed by atoms with E-state index in [0.717, 1.165) is 36.9 Å². The Labute approximate surface area is 166 Å². The van der Waals surface area contributed by atoms with E-state index in [1.165, 1.54) is 42.4 Å². The van der Waals surface area contributed by atoms with Crippen LogP contribution in [0.15, 0.2) is 59.2 Å². The SMILES string of the molecule is COc1ccc(CN2CC3CCC(C2)N(Cc2ccc4occc4c2)C3)cc1. The van der Waals surface area contributed by atoms with Crippen molar-refractivity contribution in [2.75, 3.05) is 26.7 Å². The Morgan fingerprint density at radius 2 is 1.79 bits per heavy atom. The fourth-order valence-corrected chi connectivity index (χ4v) is 4.94. The third kappa shape index (κ3) is 3.67. The van der Waals surface area contributed by atoms with E-state index in [9.17, 15) is 0 Å². The highest BCUT2D eigenvalue weighted by Crippen LogP contribution is 2.30. The van der Waals surface area contributed by atoms with Crippen LogP contribution in [0.3, 0.4) is 0 Å². The fraction of sp³-hybridized carbons (Fsp3) is 0.417. The van der Waals surface area contributed by atoms with Crippen LogP contribution in [0.25, 0.3) is 11.0 Å². The lowest BCUT2D eigenvalue weighted by Crippen LogP contribution is -2.43. The minimum absolute atomic E-state index is 0.650. The van der Waals surface area contributed by atoms with Crippen LogP contribution in [0.2, 0.25) is 0 Å². The summed E-state index contributed by atoms with van der Waals surface area (Å²) in [5.74, 6) is 1.70. The quantitative estimate of drug-likeness (QED) is 0.654. The van der Waals surface area contributed by atoms with E-state index in [4.69, 9.17) is 9.15 Å². The normalized spacial score (nSPS) is 23.2. The molecule has 2 unspecified atom stereocenters. The lowest BCUT2D eigenvalue weighted by Gasteiger charge is -2.36. The highest BCUT2D eigenvalue weighted by Gasteiger charge is 2.34. The predicted octanol–water partition coefficient (Wildman–Crippen LogP) is 4.54. The lowest BCUT2D eigenvalue weighted by atomic mass is 9.94. The molecule has 0 spiro atoms. The molecule has 28 heavy (non-hydrogen) atoms. The molecule has 1 aromatic heterocycles. The smallest absolute Gasteiger partial charge is 0.133 e. The maximum absolute atomic E-state index is 5.49. The molecule has 6 rings (SSSR count). The first kappa shape index (κ1) is 17.8. The van der Waals surface area contributed by atoms with Crippen LogP contribution in [0.4, 0.5) is 0 Å². The van der Waals surface area contributed by atoms with Crippen molar-refractivity contribution < 1.29 is 9.15 Å². The zero-order valence-corrected chi connectivity index (χ0v) is 16.5. The van der Waals surface area contributed by atoms with Gasteiger partial charge in [0.15, 0.2) is 0 Å². The van der Waals surface area contributed by atoms with E-state index in [-0.39, 0.29) is 0 Å². The average molecular weight is 377 g/mol. The first-order valence-electron chi connectivity index (χ1n) is 10.3. The van der Waals surface area contributed by atoms with E-state index in [2.05, 4.69) is 58.3 Å². The first-order chi connectivity index (χ1) is 13.8. The Morgan fingerprint density at radius 1 is 0.929 bits per heavy atom. The molecule has 3 aromatic rings. The van der Waals surface area contributed by atoms with Gasteiger partial charge in [-0.3, -0.25) is 9.80 Å². The van der Waals surface area contributed by atoms with Crippen LogP contribution >= 0.6 is 0 Å². The van der Waals surface area contributed by atoms with Crippen molar-refractivity contribution in [3.63, 3.8) is 0 Å². The molecule has 0 saturated carbocycles. The zero-order valence-electron chi connectivity index (χ0n) is 16.5. The Morgan fingerprint density at radius 3 is 2.64 bits per heavy atom. The van der Waals surface area contributed by atoms with Crippen LogP contribution in [0, 0.1) is 5.92 Å². The van der Waals surface area contributed by atoms with Crippen molar-refractivity contribution in [2.24, 2.45) is 5.92 Å². The number of nitrogens with zero attached hydrogens (tertiary/aromatic N) is 2. The molecule has 0 radical (unpaired) electrons. The molecule has 0 N–H and O–H groups in total. The molecule has 3 fully saturated rings. The molecule has 3 saturated heterocycles. The molecule has 4 nitrogen and oxygen atoms in total. The van der Waals surface area contributed by atoms with Gasteiger partial charge in [-0.15, -0.1) is 0 Å². The lowest BCUT2D eigenvalue weighted by molar-refractivity contribution is 0.123. The molecule has 2 atom stereocenters. The van der Waals surface area contributed by atoms with Crippen LogP contribution < -0.4 is 4.74 Å². The monoisotopic (exact) mass is 376 g/mol. The third-order valence-corrected chi connectivity index (χ3v) is 6.37. The van der Waals surface area contributed by atoms with Crippen molar-refractivity contribution in [3.8, 4) is 5.75 Å². The summed E-state index contributed by atoms with van der Waals surface area (Å²) in [6, 6.07) is 17.9. The highest BCUT2D eigenvalue weighted by molar-refractivity contribution is 5.77. The number of piperidine rings is 1. The van der Waals surface area contributed by atoms with Crippen LogP contribution in [0.5, 0.6) is 5.75 Å². The molecule has 146 valence electrons. The Hall–Kier alpha value is -2.30. The van der Waals surface area contributed by atoms with E-state index in [0.29, 0.717) is 6.04 Å². The summed E-state index contributed by atoms with van der Waals surface area (Å²) in [6.45, 7) is 5.66. The highest BCUT2D eigenvalue weighted by atomic mass is 16.5. The van der Waals surface area contributed by atoms with Gasteiger partial charge in [0.25, 0.3) is 0 Å². The molecule has 0 aliphatic carbocycles. The van der Waals surface area contributed by atoms with Gasteiger partial charge < -0.3 is 9.15 Å². The summed E-state index contributed by atoms with van der Waals surface area (Å²) < 4.78 is 10.8. The van der Waals surface area contributed by atoms with Gasteiger partial charge in [-0.2, -0.15) is 0 Å². The van der Waals surface area contributed by atoms with E-state index < -0.39 is 0 Å². The minimum Gasteiger partial charge on any atom is -0.497 e. The Balaban J connectivity index is 1.27. The number of fused-ring (bicyclic) bond motifs is 5. The van der Waals surface area contributed by atoms with Gasteiger partial charge in [-0.25, -0.2) is 0 Å². The molecule has 3 aliphatic heterocycles. The molecular formula is C24H28N2O2. The number of hydrogen-bond donors (Lipinski definition) is 0. The number of hydrogen-bond acceptors (Lipinski definition) is 4. The maximum Gasteiger partial charge on any atom is 0.133 e. The van der Waals surface area contributed by atoms with Gasteiger partial charge in [0.1, 0.15) is 11.3 Å². The van der Waals surface area contributed by atoms with Crippen molar-refractivity contribution >= 4 is 11.0 Å². The van der Waals surface area contributed by atoms with E-state index in [1.54, 1.807) is 13.4 Å². The Bertz CT molecular complexity index is 933. The third-order valence-electron chi connectivity index (χ3n) is 6.37. The van der Waals surface area contributed by atoms with Gasteiger partial charge in [0.2, 0.25) is 0 Å². The number of furan rings is 1. The van der Waals surface area contributed by atoms with Gasteiger partial charge in [0, 0.05) is 44.2 Å². The van der Waals surface area contributed by atoms with Crippen LogP contribution in [-0.2, 0) is 13.1 Å². The molecule has 2 aromatic carbocycles. The summed E-state index contributed by atoms with van der Waals surface area (Å²) >= 11 is 0. The molecule has 2 bridgehead atoms. The van der Waals surface area contributed by atoms with Crippen LogP contribution in [0.1, 0.15) is 24.0 Å². The second-order valence-corrected chi connectivity index (χ2v) is 8.36. The van der Waals surface area contributed by atoms with Gasteiger partial charge in [-0.1, -0.05) is 18.2 Å². The topological polar surface area (TPSA) is 28.9 Å². The van der Waals surface area contributed by atoms with Crippen molar-refractivity contribution in [1.29, 1.82) is 0 Å². The second kappa shape index (κ2) is 7.61. The molecule has 0 amide bonds. The maximum atomic E-state index is 5.49. The largest absolute Gasteiger partial charge is 0.497 e. The summed E-state index contributed by atoms with van der Waals surface area (Å²) in [6.07, 6.45) is 4.46. The van der Waals surface area contributed by atoms with E-state index >= 15 is 0 Å². The molecular weight excluding hydrogens is 348 g/mol. The van der Waals surface area contributed by atoms with Gasteiger partial charge >= 0.3 is 0 Å². The number of rotatable bonds is 5. The van der Waals surface area contributed by atoms with Crippen LogP contribution in [-0.4, -0.2) is 42.6 Å². The molecule has 4 heterocycles. The van der Waals surface area contributed by atoms with Gasteiger partial charge in [-0.05, 0) is 60.2 Å². The standard InChI is InChI=1S/C24H28N2O2/c1-27-23-7-3-18(4-8-23)13-25-14-20-2-6-22(17-25)26(16-20)15-19-5-9-24-21(12-19)10-11-28-24/h3-5,7-12,20,22H,2,6,13-17H2,1H3. The number of benzene rings is 2. The summed E-state index contributed by atoms with van der Waals surface area (Å²) in [7, 11) is 1.72. The minimum atomic E-state index is 0.650. The Kier molecular flexibility index (Phi) is 4.83. The summed E-state index contributed by atoms with van der Waals surface area (Å²) in [5, 5.41) is 1.21. The molecule has 4 heteroatoms. The van der Waals surface area contributed by atoms with Gasteiger partial charge in [0.05, 0.1) is 13.4 Å². The second-order valence-electron chi connectivity index (χ2n) is 8.36. The first-order valence-corrected chi connectivity index (χ1v) is 10.3.